The van der Waals surface area contributed by atoms with Crippen molar-refractivity contribution < 1.29 is 9.59 Å². The van der Waals surface area contributed by atoms with E-state index >= 15 is 0 Å². The van der Waals surface area contributed by atoms with Crippen molar-refractivity contribution in [2.24, 2.45) is 0 Å². The summed E-state index contributed by atoms with van der Waals surface area (Å²) >= 11 is 1.37. The predicted octanol–water partition coefficient (Wildman–Crippen LogP) is 2.21. The minimum atomic E-state index is -0.172. The minimum absolute atomic E-state index is 0.151. The van der Waals surface area contributed by atoms with Crippen molar-refractivity contribution in [3.05, 3.63) is 46.3 Å². The Balaban J connectivity index is 1.74. The van der Waals surface area contributed by atoms with Crippen LogP contribution in [0.1, 0.15) is 21.7 Å². The second-order valence-corrected chi connectivity index (χ2v) is 5.20. The second-order valence-electron chi connectivity index (χ2n) is 4.25. The van der Waals surface area contributed by atoms with E-state index in [4.69, 9.17) is 0 Å². The molecule has 2 aromatic rings. The van der Waals surface area contributed by atoms with Gasteiger partial charge in [0.15, 0.2) is 0 Å². The Labute approximate surface area is 121 Å². The summed E-state index contributed by atoms with van der Waals surface area (Å²) < 4.78 is 0. The molecule has 0 atom stereocenters. The number of nitrogens with zero attached hydrogens (tertiary/aromatic N) is 1. The van der Waals surface area contributed by atoms with E-state index in [2.05, 4.69) is 15.6 Å². The molecule has 2 rings (SSSR count). The molecule has 2 heterocycles. The second kappa shape index (κ2) is 6.81. The first kappa shape index (κ1) is 14.2. The number of hydrogen-bond donors (Lipinski definition) is 2. The molecule has 0 unspecified atom stereocenters. The third-order valence-corrected chi connectivity index (χ3v) is 3.43. The SMILES string of the molecule is Cc1ccnc(NC(=O)CCNC(=O)c2cccs2)c1. The molecule has 0 aliphatic heterocycles. The number of anilines is 1. The van der Waals surface area contributed by atoms with Crippen molar-refractivity contribution >= 4 is 29.0 Å². The van der Waals surface area contributed by atoms with Gasteiger partial charge < -0.3 is 10.6 Å². The Morgan fingerprint density at radius 3 is 2.90 bits per heavy atom. The van der Waals surface area contributed by atoms with Crippen molar-refractivity contribution in [3.63, 3.8) is 0 Å². The highest BCUT2D eigenvalue weighted by Gasteiger charge is 2.07. The molecular formula is C14H15N3O2S. The van der Waals surface area contributed by atoms with Crippen LogP contribution in [-0.2, 0) is 4.79 Å². The zero-order chi connectivity index (χ0) is 14.4. The summed E-state index contributed by atoms with van der Waals surface area (Å²) in [4.78, 5) is 28.0. The largest absolute Gasteiger partial charge is 0.351 e. The fourth-order valence-corrected chi connectivity index (χ4v) is 2.23. The van der Waals surface area contributed by atoms with Crippen LogP contribution in [0.15, 0.2) is 35.8 Å². The molecule has 6 heteroatoms. The number of pyridine rings is 1. The lowest BCUT2D eigenvalue weighted by atomic mass is 10.3. The number of aromatic nitrogens is 1. The van der Waals surface area contributed by atoms with Crippen LogP contribution in [0.4, 0.5) is 5.82 Å². The molecule has 0 saturated carbocycles. The van der Waals surface area contributed by atoms with Gasteiger partial charge in [-0.25, -0.2) is 4.98 Å². The lowest BCUT2D eigenvalue weighted by Crippen LogP contribution is -2.27. The Kier molecular flexibility index (Phi) is 4.84. The number of hydrogen-bond acceptors (Lipinski definition) is 4. The fourth-order valence-electron chi connectivity index (χ4n) is 1.59. The van der Waals surface area contributed by atoms with Gasteiger partial charge in [0.2, 0.25) is 5.91 Å². The quantitative estimate of drug-likeness (QED) is 0.886. The van der Waals surface area contributed by atoms with Gasteiger partial charge in [0.1, 0.15) is 5.82 Å². The van der Waals surface area contributed by atoms with E-state index in [9.17, 15) is 9.59 Å². The summed E-state index contributed by atoms with van der Waals surface area (Å²) in [5, 5.41) is 7.23. The lowest BCUT2D eigenvalue weighted by Gasteiger charge is -2.06. The van der Waals surface area contributed by atoms with E-state index in [1.54, 1.807) is 18.3 Å². The molecule has 0 saturated heterocycles. The number of carbonyl (C=O) groups excluding carboxylic acids is 2. The number of thiophene rings is 1. The Morgan fingerprint density at radius 1 is 1.35 bits per heavy atom. The fraction of sp³-hybridized carbons (Fsp3) is 0.214. The van der Waals surface area contributed by atoms with Crippen LogP contribution in [0.5, 0.6) is 0 Å². The van der Waals surface area contributed by atoms with E-state index in [0.29, 0.717) is 17.2 Å². The summed E-state index contributed by atoms with van der Waals surface area (Å²) in [5.74, 6) is 0.204. The standard InChI is InChI=1S/C14H15N3O2S/c1-10-4-6-15-12(9-10)17-13(18)5-7-16-14(19)11-3-2-8-20-11/h2-4,6,8-9H,5,7H2,1H3,(H,16,19)(H,15,17,18). The molecule has 0 aromatic carbocycles. The Hall–Kier alpha value is -2.21. The van der Waals surface area contributed by atoms with E-state index in [1.807, 2.05) is 24.4 Å². The predicted molar refractivity (Wildman–Crippen MR) is 78.9 cm³/mol. The highest BCUT2D eigenvalue weighted by atomic mass is 32.1. The smallest absolute Gasteiger partial charge is 0.261 e. The van der Waals surface area contributed by atoms with Crippen molar-refractivity contribution in [1.82, 2.24) is 10.3 Å². The molecule has 2 aromatic heterocycles. The molecule has 2 amide bonds. The lowest BCUT2D eigenvalue weighted by molar-refractivity contribution is -0.116. The van der Waals surface area contributed by atoms with Crippen LogP contribution < -0.4 is 10.6 Å². The number of carbonyl (C=O) groups is 2. The molecule has 0 fully saturated rings. The number of aryl methyl sites for hydroxylation is 1. The van der Waals surface area contributed by atoms with Crippen LogP contribution in [0.25, 0.3) is 0 Å². The third kappa shape index (κ3) is 4.17. The minimum Gasteiger partial charge on any atom is -0.351 e. The molecule has 0 aliphatic rings. The average molecular weight is 289 g/mol. The van der Waals surface area contributed by atoms with E-state index in [-0.39, 0.29) is 18.2 Å². The summed E-state index contributed by atoms with van der Waals surface area (Å²) in [6.07, 6.45) is 1.86. The van der Waals surface area contributed by atoms with E-state index in [1.165, 1.54) is 11.3 Å². The molecule has 0 aliphatic carbocycles. The molecule has 0 radical (unpaired) electrons. The molecule has 20 heavy (non-hydrogen) atoms. The van der Waals surface area contributed by atoms with Crippen molar-refractivity contribution in [2.75, 3.05) is 11.9 Å². The topological polar surface area (TPSA) is 71.1 Å². The maximum atomic E-state index is 11.7. The van der Waals surface area contributed by atoms with Gasteiger partial charge in [0, 0.05) is 19.2 Å². The van der Waals surface area contributed by atoms with Gasteiger partial charge in [-0.1, -0.05) is 6.07 Å². The van der Waals surface area contributed by atoms with Gasteiger partial charge in [-0.05, 0) is 36.1 Å². The highest BCUT2D eigenvalue weighted by molar-refractivity contribution is 7.12. The summed E-state index contributed by atoms with van der Waals surface area (Å²) in [7, 11) is 0. The normalized spacial score (nSPS) is 10.1. The Bertz CT molecular complexity index is 596. The average Bonchev–Trinajstić information content (AvgIpc) is 2.92. The molecular weight excluding hydrogens is 274 g/mol. The maximum absolute atomic E-state index is 11.7. The van der Waals surface area contributed by atoms with Crippen molar-refractivity contribution in [2.45, 2.75) is 13.3 Å². The summed E-state index contributed by atoms with van der Waals surface area (Å²) in [6, 6.07) is 7.21. The maximum Gasteiger partial charge on any atom is 0.261 e. The van der Waals surface area contributed by atoms with Crippen LogP contribution in [0, 0.1) is 6.92 Å². The molecule has 2 N–H and O–H groups in total. The third-order valence-electron chi connectivity index (χ3n) is 2.57. The zero-order valence-corrected chi connectivity index (χ0v) is 11.9. The Morgan fingerprint density at radius 2 is 2.20 bits per heavy atom. The highest BCUT2D eigenvalue weighted by Crippen LogP contribution is 2.08. The van der Waals surface area contributed by atoms with Gasteiger partial charge >= 0.3 is 0 Å². The number of amides is 2. The van der Waals surface area contributed by atoms with Crippen LogP contribution in [0.2, 0.25) is 0 Å². The van der Waals surface area contributed by atoms with Crippen molar-refractivity contribution in [3.8, 4) is 0 Å². The molecule has 0 bridgehead atoms. The number of rotatable bonds is 5. The van der Waals surface area contributed by atoms with Crippen molar-refractivity contribution in [1.29, 1.82) is 0 Å². The monoisotopic (exact) mass is 289 g/mol. The first-order valence-corrected chi connectivity index (χ1v) is 7.07. The van der Waals surface area contributed by atoms with Gasteiger partial charge in [0.05, 0.1) is 4.88 Å². The van der Waals surface area contributed by atoms with Gasteiger partial charge in [-0.15, -0.1) is 11.3 Å². The summed E-state index contributed by atoms with van der Waals surface area (Å²) in [6.45, 7) is 2.23. The summed E-state index contributed by atoms with van der Waals surface area (Å²) in [5.41, 5.74) is 1.03. The van der Waals surface area contributed by atoms with E-state index in [0.717, 1.165) is 5.56 Å². The van der Waals surface area contributed by atoms with Crippen LogP contribution >= 0.6 is 11.3 Å². The molecule has 0 spiro atoms. The van der Waals surface area contributed by atoms with Crippen LogP contribution in [0.3, 0.4) is 0 Å². The molecule has 104 valence electrons. The van der Waals surface area contributed by atoms with Gasteiger partial charge in [-0.3, -0.25) is 9.59 Å². The van der Waals surface area contributed by atoms with Gasteiger partial charge in [0.25, 0.3) is 5.91 Å². The first-order chi connectivity index (χ1) is 9.65. The van der Waals surface area contributed by atoms with Crippen LogP contribution in [-0.4, -0.2) is 23.3 Å². The zero-order valence-electron chi connectivity index (χ0n) is 11.1. The first-order valence-electron chi connectivity index (χ1n) is 6.19. The van der Waals surface area contributed by atoms with Gasteiger partial charge in [-0.2, -0.15) is 0 Å². The number of nitrogens with one attached hydrogen (secondary N) is 2. The van der Waals surface area contributed by atoms with E-state index < -0.39 is 0 Å². The molecule has 5 nitrogen and oxygen atoms in total.